The molecule has 4 rings (SSSR count). The third-order valence-electron chi connectivity index (χ3n) is 4.42. The third kappa shape index (κ3) is 2.61. The zero-order valence-corrected chi connectivity index (χ0v) is 13.6. The average molecular weight is 333 g/mol. The first-order valence-corrected chi connectivity index (χ1v) is 7.99. The Bertz CT molecular complexity index is 1110. The van der Waals surface area contributed by atoms with Gasteiger partial charge in [-0.2, -0.15) is 0 Å². The van der Waals surface area contributed by atoms with E-state index >= 15 is 0 Å². The molecule has 0 N–H and O–H groups in total. The van der Waals surface area contributed by atoms with Crippen LogP contribution in [0.25, 0.3) is 22.6 Å². The molecule has 124 valence electrons. The van der Waals surface area contributed by atoms with Gasteiger partial charge in [0.05, 0.1) is 15.8 Å². The molecule has 0 bridgehead atoms. The van der Waals surface area contributed by atoms with Crippen molar-refractivity contribution >= 4 is 28.2 Å². The van der Waals surface area contributed by atoms with Crippen molar-refractivity contribution in [2.24, 2.45) is 0 Å². The first-order valence-electron chi connectivity index (χ1n) is 7.99. The number of non-ortho nitro benzene ring substituents is 1. The van der Waals surface area contributed by atoms with Gasteiger partial charge in [-0.15, -0.1) is 0 Å². The van der Waals surface area contributed by atoms with Crippen LogP contribution in [0.2, 0.25) is 0 Å². The topological polar surface area (TPSA) is 78.0 Å². The first-order chi connectivity index (χ1) is 12.0. The molecule has 2 aromatic carbocycles. The summed E-state index contributed by atoms with van der Waals surface area (Å²) in [6.07, 6.45) is 2.77. The number of benzene rings is 2. The minimum Gasteiger partial charge on any atom is -0.292 e. The van der Waals surface area contributed by atoms with Crippen LogP contribution in [0.5, 0.6) is 0 Å². The van der Waals surface area contributed by atoms with E-state index in [-0.39, 0.29) is 16.6 Å². The van der Waals surface area contributed by atoms with Gasteiger partial charge in [-0.1, -0.05) is 29.8 Å². The molecular weight excluding hydrogens is 318 g/mol. The summed E-state index contributed by atoms with van der Waals surface area (Å²) in [7, 11) is 0. The van der Waals surface area contributed by atoms with Gasteiger partial charge in [-0.05, 0) is 36.6 Å². The Hall–Kier alpha value is -3.28. The summed E-state index contributed by atoms with van der Waals surface area (Å²) in [5.74, 6) is 0.646. The molecule has 6 heteroatoms. The van der Waals surface area contributed by atoms with E-state index in [9.17, 15) is 14.9 Å². The minimum absolute atomic E-state index is 0.0968. The molecule has 0 amide bonds. The van der Waals surface area contributed by atoms with E-state index in [0.29, 0.717) is 24.3 Å². The Balaban J connectivity index is 1.88. The maximum Gasteiger partial charge on any atom is 0.270 e. The lowest BCUT2D eigenvalue weighted by Gasteiger charge is -2.05. The quantitative estimate of drug-likeness (QED) is 0.531. The van der Waals surface area contributed by atoms with Crippen LogP contribution in [-0.4, -0.2) is 14.5 Å². The lowest BCUT2D eigenvalue weighted by Crippen LogP contribution is -2.20. The van der Waals surface area contributed by atoms with Gasteiger partial charge < -0.3 is 0 Å². The number of hydrogen-bond donors (Lipinski definition) is 0. The number of nitro groups is 1. The number of aryl methyl sites for hydroxylation is 1. The van der Waals surface area contributed by atoms with Crippen molar-refractivity contribution in [3.8, 4) is 0 Å². The van der Waals surface area contributed by atoms with E-state index in [0.717, 1.165) is 11.1 Å². The van der Waals surface area contributed by atoms with Gasteiger partial charge in [0.2, 0.25) is 0 Å². The summed E-state index contributed by atoms with van der Waals surface area (Å²) in [4.78, 5) is 27.7. The molecule has 0 atom stereocenters. The van der Waals surface area contributed by atoms with Crippen molar-refractivity contribution < 1.29 is 4.92 Å². The molecule has 3 aromatic rings. The second-order valence-electron chi connectivity index (χ2n) is 6.18. The van der Waals surface area contributed by atoms with Crippen LogP contribution >= 0.6 is 0 Å². The molecule has 0 fully saturated rings. The molecule has 0 saturated carbocycles. The van der Waals surface area contributed by atoms with E-state index in [1.54, 1.807) is 4.57 Å². The Morgan fingerprint density at radius 3 is 2.84 bits per heavy atom. The zero-order valence-electron chi connectivity index (χ0n) is 13.6. The van der Waals surface area contributed by atoms with Crippen LogP contribution < -0.4 is 5.56 Å². The maximum atomic E-state index is 12.7. The van der Waals surface area contributed by atoms with E-state index in [4.69, 9.17) is 0 Å². The van der Waals surface area contributed by atoms with Crippen LogP contribution in [0.3, 0.4) is 0 Å². The van der Waals surface area contributed by atoms with Crippen LogP contribution in [0.1, 0.15) is 23.4 Å². The fourth-order valence-corrected chi connectivity index (χ4v) is 3.22. The Morgan fingerprint density at radius 2 is 2.08 bits per heavy atom. The number of nitro benzene ring substituents is 1. The SMILES string of the molecule is Cc1cccc(/C=C2\CCn3c2nc2ccc([N+](=O)[O-])cc2c3=O)c1. The van der Waals surface area contributed by atoms with Crippen molar-refractivity contribution in [3.63, 3.8) is 0 Å². The molecule has 0 unspecified atom stereocenters. The van der Waals surface area contributed by atoms with E-state index in [2.05, 4.69) is 17.1 Å². The number of nitrogens with zero attached hydrogens (tertiary/aromatic N) is 3. The van der Waals surface area contributed by atoms with Gasteiger partial charge in [0.15, 0.2) is 0 Å². The highest BCUT2D eigenvalue weighted by Crippen LogP contribution is 2.28. The third-order valence-corrected chi connectivity index (χ3v) is 4.42. The van der Waals surface area contributed by atoms with Crippen molar-refractivity contribution in [2.45, 2.75) is 19.9 Å². The minimum atomic E-state index is -0.500. The van der Waals surface area contributed by atoms with Crippen LogP contribution in [0.4, 0.5) is 5.69 Å². The van der Waals surface area contributed by atoms with Crippen molar-refractivity contribution in [3.05, 3.63) is 79.9 Å². The highest BCUT2D eigenvalue weighted by atomic mass is 16.6. The molecule has 0 saturated heterocycles. The van der Waals surface area contributed by atoms with Gasteiger partial charge in [0.1, 0.15) is 5.82 Å². The summed E-state index contributed by atoms with van der Waals surface area (Å²) in [6, 6.07) is 12.4. The predicted molar refractivity (Wildman–Crippen MR) is 96.3 cm³/mol. The second-order valence-corrected chi connectivity index (χ2v) is 6.18. The monoisotopic (exact) mass is 333 g/mol. The molecule has 0 aliphatic carbocycles. The number of hydrogen-bond acceptors (Lipinski definition) is 4. The standard InChI is InChI=1S/C19H15N3O3/c1-12-3-2-4-13(9-12)10-14-7-8-21-18(14)20-17-6-5-15(22(24)25)11-16(17)19(21)23/h2-6,9-11H,7-8H2,1H3/b14-10+. The fraction of sp³-hybridized carbons (Fsp3) is 0.158. The molecule has 1 aliphatic rings. The van der Waals surface area contributed by atoms with Gasteiger partial charge in [0.25, 0.3) is 11.2 Å². The zero-order chi connectivity index (χ0) is 17.6. The van der Waals surface area contributed by atoms with Crippen molar-refractivity contribution in [1.29, 1.82) is 0 Å². The molecule has 0 radical (unpaired) electrons. The number of rotatable bonds is 2. The summed E-state index contributed by atoms with van der Waals surface area (Å²) in [5.41, 5.74) is 3.41. The van der Waals surface area contributed by atoms with Crippen LogP contribution in [0.15, 0.2) is 47.3 Å². The highest BCUT2D eigenvalue weighted by molar-refractivity contribution is 5.85. The van der Waals surface area contributed by atoms with Gasteiger partial charge in [-0.3, -0.25) is 19.5 Å². The molecular formula is C19H15N3O3. The predicted octanol–water partition coefficient (Wildman–Crippen LogP) is 3.56. The summed E-state index contributed by atoms with van der Waals surface area (Å²) < 4.78 is 1.60. The molecule has 2 heterocycles. The molecule has 6 nitrogen and oxygen atoms in total. The normalized spacial score (nSPS) is 14.8. The Morgan fingerprint density at radius 1 is 1.24 bits per heavy atom. The van der Waals surface area contributed by atoms with E-state index in [1.807, 2.05) is 25.1 Å². The Kier molecular flexibility index (Phi) is 3.46. The highest BCUT2D eigenvalue weighted by Gasteiger charge is 2.22. The largest absolute Gasteiger partial charge is 0.292 e. The van der Waals surface area contributed by atoms with E-state index < -0.39 is 4.92 Å². The fourth-order valence-electron chi connectivity index (χ4n) is 3.22. The number of aromatic nitrogens is 2. The molecule has 1 aromatic heterocycles. The number of fused-ring (bicyclic) bond motifs is 2. The van der Waals surface area contributed by atoms with Gasteiger partial charge >= 0.3 is 0 Å². The lowest BCUT2D eigenvalue weighted by molar-refractivity contribution is -0.384. The summed E-state index contributed by atoms with van der Waals surface area (Å²) in [6.45, 7) is 2.57. The number of allylic oxidation sites excluding steroid dienone is 1. The van der Waals surface area contributed by atoms with Gasteiger partial charge in [-0.25, -0.2) is 4.98 Å². The average Bonchev–Trinajstić information content (AvgIpc) is 2.98. The first kappa shape index (κ1) is 15.3. The molecule has 25 heavy (non-hydrogen) atoms. The van der Waals surface area contributed by atoms with E-state index in [1.165, 1.54) is 23.8 Å². The summed E-state index contributed by atoms with van der Waals surface area (Å²) >= 11 is 0. The molecule has 0 spiro atoms. The van der Waals surface area contributed by atoms with Crippen LogP contribution in [0, 0.1) is 17.0 Å². The van der Waals surface area contributed by atoms with Gasteiger partial charge in [0, 0.05) is 18.7 Å². The second kappa shape index (κ2) is 5.66. The lowest BCUT2D eigenvalue weighted by atomic mass is 10.1. The van der Waals surface area contributed by atoms with Crippen LogP contribution in [-0.2, 0) is 6.54 Å². The van der Waals surface area contributed by atoms with Crippen molar-refractivity contribution in [1.82, 2.24) is 9.55 Å². The molecule has 1 aliphatic heterocycles. The maximum absolute atomic E-state index is 12.7. The Labute approximate surface area is 143 Å². The smallest absolute Gasteiger partial charge is 0.270 e. The summed E-state index contributed by atoms with van der Waals surface area (Å²) in [5, 5.41) is 11.2. The van der Waals surface area contributed by atoms with Crippen molar-refractivity contribution in [2.75, 3.05) is 0 Å².